The van der Waals surface area contributed by atoms with Crippen LogP contribution in [0.1, 0.15) is 5.56 Å². The van der Waals surface area contributed by atoms with E-state index in [0.717, 1.165) is 24.3 Å². The highest BCUT2D eigenvalue weighted by Gasteiger charge is 2.20. The molecule has 2 aromatic rings. The number of anilines is 1. The van der Waals surface area contributed by atoms with Crippen molar-refractivity contribution in [2.24, 2.45) is 0 Å². The molecule has 0 aliphatic carbocycles. The average Bonchev–Trinajstić information content (AvgIpc) is 2.42. The molecule has 0 aliphatic rings. The van der Waals surface area contributed by atoms with Crippen LogP contribution in [0.3, 0.4) is 0 Å². The number of rotatable bonds is 4. The van der Waals surface area contributed by atoms with Gasteiger partial charge in [-0.15, -0.1) is 0 Å². The van der Waals surface area contributed by atoms with Crippen molar-refractivity contribution in [3.63, 3.8) is 0 Å². The van der Waals surface area contributed by atoms with Gasteiger partial charge in [0.2, 0.25) is 0 Å². The summed E-state index contributed by atoms with van der Waals surface area (Å²) in [6.07, 6.45) is 0. The first-order chi connectivity index (χ1) is 10.2. The first kappa shape index (κ1) is 16.2. The minimum Gasteiger partial charge on any atom is -0.278 e. The van der Waals surface area contributed by atoms with Gasteiger partial charge in [0.25, 0.3) is 15.7 Å². The van der Waals surface area contributed by atoms with Crippen molar-refractivity contribution in [2.45, 2.75) is 11.8 Å². The van der Waals surface area contributed by atoms with Crippen molar-refractivity contribution in [1.29, 1.82) is 0 Å². The molecule has 0 saturated carbocycles. The summed E-state index contributed by atoms with van der Waals surface area (Å²) in [4.78, 5) is 9.92. The van der Waals surface area contributed by atoms with Crippen molar-refractivity contribution in [2.75, 3.05) is 4.72 Å². The number of hydrogen-bond donors (Lipinski definition) is 1. The third-order valence-corrected chi connectivity index (χ3v) is 4.54. The summed E-state index contributed by atoms with van der Waals surface area (Å²) in [5.74, 6) is -0.612. The summed E-state index contributed by atoms with van der Waals surface area (Å²) in [6, 6.07) is 6.69. The zero-order valence-electron chi connectivity index (χ0n) is 11.2. The molecule has 0 radical (unpaired) electrons. The summed E-state index contributed by atoms with van der Waals surface area (Å²) in [6.45, 7) is 1.50. The zero-order valence-corrected chi connectivity index (χ0v) is 12.8. The van der Waals surface area contributed by atoms with Crippen LogP contribution in [-0.4, -0.2) is 13.3 Å². The molecule has 2 aromatic carbocycles. The molecule has 0 aromatic heterocycles. The molecule has 9 heteroatoms. The monoisotopic (exact) mass is 344 g/mol. The SMILES string of the molecule is Cc1ccc(S(=O)(=O)Nc2ccc(F)cc2Cl)cc1[N+](=O)[O-]. The zero-order chi connectivity index (χ0) is 16.5. The second kappa shape index (κ2) is 5.90. The fourth-order valence-corrected chi connectivity index (χ4v) is 3.10. The third kappa shape index (κ3) is 3.34. The molecule has 6 nitrogen and oxygen atoms in total. The molecule has 0 amide bonds. The van der Waals surface area contributed by atoms with Crippen LogP contribution in [0.15, 0.2) is 41.3 Å². The number of nitrogens with zero attached hydrogens (tertiary/aromatic N) is 1. The van der Waals surface area contributed by atoms with Gasteiger partial charge in [-0.1, -0.05) is 17.7 Å². The first-order valence-corrected chi connectivity index (χ1v) is 7.80. The Morgan fingerprint density at radius 3 is 2.50 bits per heavy atom. The van der Waals surface area contributed by atoms with Crippen LogP contribution in [0, 0.1) is 22.9 Å². The van der Waals surface area contributed by atoms with Gasteiger partial charge >= 0.3 is 0 Å². The Balaban J connectivity index is 2.42. The lowest BCUT2D eigenvalue weighted by molar-refractivity contribution is -0.385. The number of nitrogens with one attached hydrogen (secondary N) is 1. The molecule has 0 bridgehead atoms. The lowest BCUT2D eigenvalue weighted by Gasteiger charge is -2.10. The van der Waals surface area contributed by atoms with E-state index in [2.05, 4.69) is 4.72 Å². The largest absolute Gasteiger partial charge is 0.278 e. The second-order valence-corrected chi connectivity index (χ2v) is 6.52. The van der Waals surface area contributed by atoms with E-state index in [9.17, 15) is 22.9 Å². The van der Waals surface area contributed by atoms with Crippen LogP contribution in [0.5, 0.6) is 0 Å². The predicted octanol–water partition coefficient (Wildman–Crippen LogP) is 3.50. The van der Waals surface area contributed by atoms with Crippen molar-refractivity contribution in [3.05, 3.63) is 62.9 Å². The Kier molecular flexibility index (Phi) is 4.34. The van der Waals surface area contributed by atoms with Gasteiger partial charge < -0.3 is 0 Å². The van der Waals surface area contributed by atoms with E-state index in [4.69, 9.17) is 11.6 Å². The van der Waals surface area contributed by atoms with Crippen LogP contribution in [-0.2, 0) is 10.0 Å². The Morgan fingerprint density at radius 1 is 1.23 bits per heavy atom. The minimum atomic E-state index is -4.08. The van der Waals surface area contributed by atoms with Crippen LogP contribution < -0.4 is 4.72 Å². The summed E-state index contributed by atoms with van der Waals surface area (Å²) >= 11 is 5.75. The quantitative estimate of drug-likeness (QED) is 0.679. The van der Waals surface area contributed by atoms with Gasteiger partial charge in [-0.05, 0) is 31.2 Å². The van der Waals surface area contributed by atoms with Crippen LogP contribution in [0.2, 0.25) is 5.02 Å². The van der Waals surface area contributed by atoms with Gasteiger partial charge in [0.15, 0.2) is 0 Å². The molecule has 0 fully saturated rings. The van der Waals surface area contributed by atoms with Crippen molar-refractivity contribution >= 4 is 33.0 Å². The van der Waals surface area contributed by atoms with E-state index in [1.54, 1.807) is 0 Å². The molecule has 0 unspecified atom stereocenters. The maximum Gasteiger partial charge on any atom is 0.273 e. The van der Waals surface area contributed by atoms with Crippen molar-refractivity contribution in [1.82, 2.24) is 0 Å². The van der Waals surface area contributed by atoms with E-state index in [1.807, 2.05) is 0 Å². The number of nitro benzene ring substituents is 1. The van der Waals surface area contributed by atoms with E-state index < -0.39 is 20.8 Å². The summed E-state index contributed by atoms with van der Waals surface area (Å²) in [5, 5.41) is 10.8. The van der Waals surface area contributed by atoms with Gasteiger partial charge in [-0.25, -0.2) is 12.8 Å². The highest BCUT2D eigenvalue weighted by Crippen LogP contribution is 2.27. The molecule has 0 atom stereocenters. The summed E-state index contributed by atoms with van der Waals surface area (Å²) < 4.78 is 39.6. The number of benzene rings is 2. The van der Waals surface area contributed by atoms with Crippen LogP contribution in [0.4, 0.5) is 15.8 Å². The standard InChI is InChI=1S/C13H10ClFN2O4S/c1-8-2-4-10(7-13(8)17(18)19)22(20,21)16-12-5-3-9(15)6-11(12)14/h2-7,16H,1H3. The summed E-state index contributed by atoms with van der Waals surface area (Å²) in [5.41, 5.74) is 0.00290. The van der Waals surface area contributed by atoms with Gasteiger partial charge in [-0.2, -0.15) is 0 Å². The topological polar surface area (TPSA) is 89.3 Å². The van der Waals surface area contributed by atoms with Crippen LogP contribution >= 0.6 is 11.6 Å². The Morgan fingerprint density at radius 2 is 1.91 bits per heavy atom. The minimum absolute atomic E-state index is 0.0219. The highest BCUT2D eigenvalue weighted by molar-refractivity contribution is 7.92. The summed E-state index contributed by atoms with van der Waals surface area (Å²) in [7, 11) is -4.08. The molecule has 116 valence electrons. The fourth-order valence-electron chi connectivity index (χ4n) is 1.73. The molecule has 0 heterocycles. The van der Waals surface area contributed by atoms with Gasteiger partial charge in [0.05, 0.1) is 20.5 Å². The molecule has 2 rings (SSSR count). The molecular weight excluding hydrogens is 335 g/mol. The van der Waals surface area contributed by atoms with Crippen molar-refractivity contribution < 1.29 is 17.7 Å². The third-order valence-electron chi connectivity index (χ3n) is 2.86. The van der Waals surface area contributed by atoms with E-state index in [-0.39, 0.29) is 21.3 Å². The number of nitro groups is 1. The van der Waals surface area contributed by atoms with Gasteiger partial charge in [-0.3, -0.25) is 14.8 Å². The highest BCUT2D eigenvalue weighted by atomic mass is 35.5. The number of aryl methyl sites for hydroxylation is 1. The molecule has 0 aliphatic heterocycles. The first-order valence-electron chi connectivity index (χ1n) is 5.93. The number of halogens is 2. The van der Waals surface area contributed by atoms with Gasteiger partial charge in [0, 0.05) is 11.6 Å². The van der Waals surface area contributed by atoms with Crippen LogP contribution in [0.25, 0.3) is 0 Å². The molecule has 0 spiro atoms. The van der Waals surface area contributed by atoms with E-state index in [0.29, 0.717) is 5.56 Å². The Hall–Kier alpha value is -2.19. The number of hydrogen-bond acceptors (Lipinski definition) is 4. The second-order valence-electron chi connectivity index (χ2n) is 4.44. The maximum atomic E-state index is 13.0. The fraction of sp³-hybridized carbons (Fsp3) is 0.0769. The number of sulfonamides is 1. The van der Waals surface area contributed by atoms with E-state index >= 15 is 0 Å². The lowest BCUT2D eigenvalue weighted by atomic mass is 10.2. The van der Waals surface area contributed by atoms with E-state index in [1.165, 1.54) is 19.1 Å². The molecule has 22 heavy (non-hydrogen) atoms. The Bertz CT molecular complexity index is 855. The smallest absolute Gasteiger partial charge is 0.273 e. The van der Waals surface area contributed by atoms with Crippen molar-refractivity contribution in [3.8, 4) is 0 Å². The molecule has 1 N–H and O–H groups in total. The Labute approximate surface area is 130 Å². The lowest BCUT2D eigenvalue weighted by Crippen LogP contribution is -2.13. The average molecular weight is 345 g/mol. The predicted molar refractivity (Wildman–Crippen MR) is 80.1 cm³/mol. The maximum absolute atomic E-state index is 13.0. The molecular formula is C13H10ClFN2O4S. The normalized spacial score (nSPS) is 11.2. The van der Waals surface area contributed by atoms with Gasteiger partial charge in [0.1, 0.15) is 5.82 Å². The molecule has 0 saturated heterocycles.